The molecule has 21 heavy (non-hydrogen) atoms. The van der Waals surface area contributed by atoms with Crippen molar-refractivity contribution in [1.82, 2.24) is 10.2 Å². The first-order valence-corrected chi connectivity index (χ1v) is 7.99. The Morgan fingerprint density at radius 3 is 2.76 bits per heavy atom. The highest BCUT2D eigenvalue weighted by Crippen LogP contribution is 2.23. The fourth-order valence-corrected chi connectivity index (χ4v) is 2.87. The van der Waals surface area contributed by atoms with Crippen molar-refractivity contribution in [1.29, 1.82) is 0 Å². The molecule has 1 N–H and O–H groups in total. The van der Waals surface area contributed by atoms with E-state index in [0.29, 0.717) is 4.67 Å². The Morgan fingerprint density at radius 1 is 1.43 bits per heavy atom. The molecule has 2 amide bonds. The van der Waals surface area contributed by atoms with Crippen LogP contribution < -0.4 is 5.32 Å². The Morgan fingerprint density at radius 2 is 2.19 bits per heavy atom. The minimum absolute atomic E-state index is 0.0211. The highest BCUT2D eigenvalue weighted by molar-refractivity contribution is 9.10. The molecular formula is C14H15BrN2O3S. The van der Waals surface area contributed by atoms with Crippen LogP contribution in [-0.4, -0.2) is 30.3 Å². The van der Waals surface area contributed by atoms with Gasteiger partial charge in [0.05, 0.1) is 12.6 Å². The van der Waals surface area contributed by atoms with E-state index in [1.807, 2.05) is 24.4 Å². The van der Waals surface area contributed by atoms with Crippen molar-refractivity contribution in [2.75, 3.05) is 13.6 Å². The standard InChI is InChI=1S/C14H15BrN2O3S/c1-9(11-4-3-7-21-11)17(2)13(18)8-16-14(19)10-5-6-12(15)20-10/h3-7,9H,8H2,1-2H3,(H,16,19). The SMILES string of the molecule is CC(c1cccs1)N(C)C(=O)CNC(=O)c1ccc(Br)o1. The number of nitrogens with one attached hydrogen (secondary N) is 1. The van der Waals surface area contributed by atoms with Crippen LogP contribution >= 0.6 is 27.3 Å². The molecule has 0 aliphatic rings. The summed E-state index contributed by atoms with van der Waals surface area (Å²) in [7, 11) is 1.72. The molecule has 0 radical (unpaired) electrons. The van der Waals surface area contributed by atoms with Gasteiger partial charge in [0.25, 0.3) is 5.91 Å². The lowest BCUT2D eigenvalue weighted by Gasteiger charge is -2.24. The lowest BCUT2D eigenvalue weighted by atomic mass is 10.2. The quantitative estimate of drug-likeness (QED) is 0.879. The van der Waals surface area contributed by atoms with Gasteiger partial charge in [-0.3, -0.25) is 9.59 Å². The molecule has 5 nitrogen and oxygen atoms in total. The third-order valence-electron chi connectivity index (χ3n) is 3.13. The lowest BCUT2D eigenvalue weighted by Crippen LogP contribution is -2.39. The number of likely N-dealkylation sites (N-methyl/N-ethyl adjacent to an activating group) is 1. The third-order valence-corrected chi connectivity index (χ3v) is 4.60. The molecule has 2 rings (SSSR count). The highest BCUT2D eigenvalue weighted by Gasteiger charge is 2.19. The number of nitrogens with zero attached hydrogens (tertiary/aromatic N) is 1. The van der Waals surface area contributed by atoms with Crippen molar-refractivity contribution >= 4 is 39.1 Å². The van der Waals surface area contributed by atoms with Crippen LogP contribution in [0.5, 0.6) is 0 Å². The van der Waals surface area contributed by atoms with Crippen molar-refractivity contribution in [2.24, 2.45) is 0 Å². The summed E-state index contributed by atoms with van der Waals surface area (Å²) >= 11 is 4.72. The van der Waals surface area contributed by atoms with E-state index in [1.165, 1.54) is 0 Å². The number of carbonyl (C=O) groups excluding carboxylic acids is 2. The molecule has 7 heteroatoms. The number of furan rings is 1. The molecule has 2 heterocycles. The molecule has 0 saturated heterocycles. The second-order valence-electron chi connectivity index (χ2n) is 4.48. The van der Waals surface area contributed by atoms with Crippen molar-refractivity contribution in [3.8, 4) is 0 Å². The molecule has 1 atom stereocenters. The summed E-state index contributed by atoms with van der Waals surface area (Å²) in [5.41, 5.74) is 0. The average molecular weight is 371 g/mol. The van der Waals surface area contributed by atoms with Gasteiger partial charge in [0.15, 0.2) is 10.4 Å². The number of hydrogen-bond donors (Lipinski definition) is 1. The summed E-state index contributed by atoms with van der Waals surface area (Å²) in [5.74, 6) is -0.398. The van der Waals surface area contributed by atoms with Crippen LogP contribution in [0.25, 0.3) is 0 Å². The third kappa shape index (κ3) is 3.95. The topological polar surface area (TPSA) is 62.6 Å². The number of thiophene rings is 1. The van der Waals surface area contributed by atoms with E-state index in [9.17, 15) is 9.59 Å². The van der Waals surface area contributed by atoms with E-state index in [0.717, 1.165) is 4.88 Å². The van der Waals surface area contributed by atoms with Crippen molar-refractivity contribution in [3.63, 3.8) is 0 Å². The molecule has 2 aromatic heterocycles. The van der Waals surface area contributed by atoms with Gasteiger partial charge < -0.3 is 14.6 Å². The number of carbonyl (C=O) groups is 2. The molecule has 0 spiro atoms. The maximum Gasteiger partial charge on any atom is 0.287 e. The molecule has 2 aromatic rings. The van der Waals surface area contributed by atoms with E-state index < -0.39 is 5.91 Å². The first-order chi connectivity index (χ1) is 9.99. The van der Waals surface area contributed by atoms with Gasteiger partial charge in [-0.1, -0.05) is 6.07 Å². The second kappa shape index (κ2) is 6.91. The van der Waals surface area contributed by atoms with Crippen LogP contribution in [-0.2, 0) is 4.79 Å². The summed E-state index contributed by atoms with van der Waals surface area (Å²) in [6, 6.07) is 7.08. The zero-order valence-electron chi connectivity index (χ0n) is 11.6. The summed E-state index contributed by atoms with van der Waals surface area (Å²) in [6.07, 6.45) is 0. The van der Waals surface area contributed by atoms with Crippen molar-refractivity contribution in [3.05, 3.63) is 45.0 Å². The van der Waals surface area contributed by atoms with Crippen LogP contribution in [0.2, 0.25) is 0 Å². The van der Waals surface area contributed by atoms with Crippen LogP contribution in [0.3, 0.4) is 0 Å². The normalized spacial score (nSPS) is 12.0. The Kier molecular flexibility index (Phi) is 5.19. The van der Waals surface area contributed by atoms with Crippen LogP contribution in [0.1, 0.15) is 28.4 Å². The molecule has 0 aliphatic carbocycles. The predicted octanol–water partition coefficient (Wildman–Crippen LogP) is 3.05. The van der Waals surface area contributed by atoms with Gasteiger partial charge in [0.1, 0.15) is 0 Å². The maximum atomic E-state index is 12.1. The highest BCUT2D eigenvalue weighted by atomic mass is 79.9. The zero-order valence-corrected chi connectivity index (χ0v) is 14.0. The average Bonchev–Trinajstić information content (AvgIpc) is 3.13. The molecular weight excluding hydrogens is 356 g/mol. The fourth-order valence-electron chi connectivity index (χ4n) is 1.74. The summed E-state index contributed by atoms with van der Waals surface area (Å²) < 4.78 is 5.60. The van der Waals surface area contributed by atoms with Gasteiger partial charge >= 0.3 is 0 Å². The van der Waals surface area contributed by atoms with Crippen LogP contribution in [0, 0.1) is 0 Å². The minimum Gasteiger partial charge on any atom is -0.444 e. The van der Waals surface area contributed by atoms with E-state index in [2.05, 4.69) is 21.2 Å². The van der Waals surface area contributed by atoms with E-state index in [1.54, 1.807) is 35.4 Å². The molecule has 0 fully saturated rings. The van der Waals surface area contributed by atoms with E-state index >= 15 is 0 Å². The monoisotopic (exact) mass is 370 g/mol. The van der Waals surface area contributed by atoms with Gasteiger partial charge in [-0.25, -0.2) is 0 Å². The van der Waals surface area contributed by atoms with Crippen LogP contribution in [0.15, 0.2) is 38.7 Å². The second-order valence-corrected chi connectivity index (χ2v) is 6.24. The van der Waals surface area contributed by atoms with E-state index in [-0.39, 0.29) is 24.3 Å². The van der Waals surface area contributed by atoms with Gasteiger partial charge in [-0.05, 0) is 46.4 Å². The first kappa shape index (κ1) is 15.8. The fraction of sp³-hybridized carbons (Fsp3) is 0.286. The summed E-state index contributed by atoms with van der Waals surface area (Å²) in [6.45, 7) is 1.89. The predicted molar refractivity (Wildman–Crippen MR) is 84.2 cm³/mol. The smallest absolute Gasteiger partial charge is 0.287 e. The number of hydrogen-bond acceptors (Lipinski definition) is 4. The summed E-state index contributed by atoms with van der Waals surface area (Å²) in [4.78, 5) is 26.6. The van der Waals surface area contributed by atoms with Gasteiger partial charge in [0, 0.05) is 11.9 Å². The maximum absolute atomic E-state index is 12.1. The molecule has 112 valence electrons. The van der Waals surface area contributed by atoms with Crippen LogP contribution in [0.4, 0.5) is 0 Å². The zero-order chi connectivity index (χ0) is 15.4. The Bertz CT molecular complexity index is 624. The van der Waals surface area contributed by atoms with Gasteiger partial charge in [0.2, 0.25) is 5.91 Å². The Labute approximate surface area is 135 Å². The molecule has 1 unspecified atom stereocenters. The largest absolute Gasteiger partial charge is 0.444 e. The number of rotatable bonds is 5. The number of amides is 2. The van der Waals surface area contributed by atoms with Crippen molar-refractivity contribution in [2.45, 2.75) is 13.0 Å². The Balaban J connectivity index is 1.88. The summed E-state index contributed by atoms with van der Waals surface area (Å²) in [5, 5.41) is 4.52. The minimum atomic E-state index is -0.411. The lowest BCUT2D eigenvalue weighted by molar-refractivity contribution is -0.130. The molecule has 0 bridgehead atoms. The first-order valence-electron chi connectivity index (χ1n) is 6.31. The molecule has 0 aliphatic heterocycles. The molecule has 0 aromatic carbocycles. The molecule has 0 saturated carbocycles. The van der Waals surface area contributed by atoms with Gasteiger partial charge in [-0.2, -0.15) is 0 Å². The number of halogens is 1. The van der Waals surface area contributed by atoms with Gasteiger partial charge in [-0.15, -0.1) is 11.3 Å². The van der Waals surface area contributed by atoms with E-state index in [4.69, 9.17) is 4.42 Å². The van der Waals surface area contributed by atoms with Crippen molar-refractivity contribution < 1.29 is 14.0 Å². The Hall–Kier alpha value is -1.60.